The second-order valence-electron chi connectivity index (χ2n) is 7.11. The first-order chi connectivity index (χ1) is 9.88. The molecule has 6 heteroatoms. The van der Waals surface area contributed by atoms with E-state index >= 15 is 0 Å². The molecule has 22 heavy (non-hydrogen) atoms. The Balaban J connectivity index is 2.42. The lowest BCUT2D eigenvalue weighted by molar-refractivity contribution is -0.0882. The molecule has 1 fully saturated rings. The number of aliphatic hydroxyl groups is 1. The molecule has 1 atom stereocenters. The van der Waals surface area contributed by atoms with Gasteiger partial charge in [-0.15, -0.1) is 0 Å². The highest BCUT2D eigenvalue weighted by atomic mass is 19.3. The zero-order valence-electron chi connectivity index (χ0n) is 13.9. The smallest absolute Gasteiger partial charge is 0.399 e. The van der Waals surface area contributed by atoms with Crippen LogP contribution in [0.3, 0.4) is 0 Å². The average molecular weight is 312 g/mol. The summed E-state index contributed by atoms with van der Waals surface area (Å²) in [5, 5.41) is 9.99. The fraction of sp³-hybridized carbons (Fsp3) is 0.625. The lowest BCUT2D eigenvalue weighted by Gasteiger charge is -2.32. The zero-order valence-corrected chi connectivity index (χ0v) is 13.9. The topological polar surface area (TPSA) is 38.7 Å². The van der Waals surface area contributed by atoms with Gasteiger partial charge in [0, 0.05) is 0 Å². The van der Waals surface area contributed by atoms with Crippen molar-refractivity contribution in [2.45, 2.75) is 64.8 Å². The van der Waals surface area contributed by atoms with Gasteiger partial charge in [0.2, 0.25) is 0 Å². The maximum absolute atomic E-state index is 13.0. The predicted molar refractivity (Wildman–Crippen MR) is 82.5 cm³/mol. The van der Waals surface area contributed by atoms with Crippen molar-refractivity contribution in [2.24, 2.45) is 0 Å². The summed E-state index contributed by atoms with van der Waals surface area (Å²) in [5.74, 6) is 0. The Morgan fingerprint density at radius 1 is 1.14 bits per heavy atom. The molecule has 1 heterocycles. The third-order valence-electron chi connectivity index (χ3n) is 4.80. The van der Waals surface area contributed by atoms with Gasteiger partial charge in [-0.2, -0.15) is 0 Å². The van der Waals surface area contributed by atoms with Crippen LogP contribution in [0.5, 0.6) is 0 Å². The lowest BCUT2D eigenvalue weighted by atomic mass is 9.74. The van der Waals surface area contributed by atoms with Crippen LogP contribution < -0.4 is 5.46 Å². The molecule has 1 aliphatic rings. The van der Waals surface area contributed by atoms with E-state index in [0.717, 1.165) is 12.5 Å². The molecule has 0 spiro atoms. The van der Waals surface area contributed by atoms with E-state index in [1.54, 1.807) is 12.1 Å². The van der Waals surface area contributed by atoms with Crippen molar-refractivity contribution in [1.82, 2.24) is 0 Å². The minimum Gasteiger partial charge on any atom is -0.399 e. The summed E-state index contributed by atoms with van der Waals surface area (Å²) in [5.41, 5.74) is -1.54. The fourth-order valence-corrected chi connectivity index (χ4v) is 2.31. The van der Waals surface area contributed by atoms with Crippen LogP contribution in [0.2, 0.25) is 0 Å². The van der Waals surface area contributed by atoms with E-state index in [4.69, 9.17) is 9.31 Å². The molecule has 1 aliphatic heterocycles. The Kier molecular flexibility index (Phi) is 4.18. The monoisotopic (exact) mass is 312 g/mol. The van der Waals surface area contributed by atoms with Crippen LogP contribution in [0.4, 0.5) is 8.78 Å². The highest BCUT2D eigenvalue weighted by Gasteiger charge is 2.52. The number of rotatable bonds is 3. The first-order valence-electron chi connectivity index (χ1n) is 7.36. The Morgan fingerprint density at radius 2 is 1.64 bits per heavy atom. The summed E-state index contributed by atoms with van der Waals surface area (Å²) >= 11 is 0. The fourth-order valence-electron chi connectivity index (χ4n) is 2.31. The van der Waals surface area contributed by atoms with Crippen molar-refractivity contribution in [2.75, 3.05) is 0 Å². The van der Waals surface area contributed by atoms with E-state index in [1.165, 1.54) is 6.07 Å². The van der Waals surface area contributed by atoms with Crippen LogP contribution in [0.15, 0.2) is 18.2 Å². The van der Waals surface area contributed by atoms with Gasteiger partial charge < -0.3 is 14.4 Å². The van der Waals surface area contributed by atoms with E-state index in [1.807, 2.05) is 34.6 Å². The van der Waals surface area contributed by atoms with Crippen molar-refractivity contribution in [1.29, 1.82) is 0 Å². The summed E-state index contributed by atoms with van der Waals surface area (Å²) in [7, 11) is -0.640. The normalized spacial score (nSPS) is 22.9. The summed E-state index contributed by atoms with van der Waals surface area (Å²) in [4.78, 5) is 0. The third kappa shape index (κ3) is 2.80. The van der Waals surface area contributed by atoms with Gasteiger partial charge >= 0.3 is 7.12 Å². The van der Waals surface area contributed by atoms with Crippen LogP contribution in [-0.4, -0.2) is 29.9 Å². The molecule has 1 aromatic rings. The average Bonchev–Trinajstić information content (AvgIpc) is 2.58. The van der Waals surface area contributed by atoms with Gasteiger partial charge in [0.1, 0.15) is 5.60 Å². The number of aryl methyl sites for hydroxylation is 1. The quantitative estimate of drug-likeness (QED) is 0.872. The Labute approximate surface area is 130 Å². The Hall–Kier alpha value is -0.975. The zero-order chi connectivity index (χ0) is 16.9. The van der Waals surface area contributed by atoms with Gasteiger partial charge in [0.25, 0.3) is 6.43 Å². The van der Waals surface area contributed by atoms with Crippen molar-refractivity contribution in [3.63, 3.8) is 0 Å². The van der Waals surface area contributed by atoms with Gasteiger partial charge in [-0.05, 0) is 52.6 Å². The number of hydrogen-bond donors (Lipinski definition) is 1. The molecule has 1 N–H and O–H groups in total. The third-order valence-corrected chi connectivity index (χ3v) is 4.80. The van der Waals surface area contributed by atoms with Crippen molar-refractivity contribution >= 4 is 12.6 Å². The number of hydrogen-bond acceptors (Lipinski definition) is 3. The molecular formula is C16H23BF2O3. The highest BCUT2D eigenvalue weighted by molar-refractivity contribution is 6.62. The minimum absolute atomic E-state index is 0.151. The number of benzene rings is 1. The second kappa shape index (κ2) is 5.29. The molecule has 0 radical (unpaired) electrons. The summed E-state index contributed by atoms with van der Waals surface area (Å²) < 4.78 is 38.0. The van der Waals surface area contributed by atoms with Gasteiger partial charge in [-0.25, -0.2) is 8.78 Å². The largest absolute Gasteiger partial charge is 0.495 e. The van der Waals surface area contributed by atoms with E-state index in [0.29, 0.717) is 5.46 Å². The number of halogens is 2. The van der Waals surface area contributed by atoms with E-state index in [9.17, 15) is 13.9 Å². The molecule has 0 aliphatic carbocycles. The van der Waals surface area contributed by atoms with Crippen LogP contribution in [0.25, 0.3) is 0 Å². The summed E-state index contributed by atoms with van der Waals surface area (Å²) in [6.07, 6.45) is -2.87. The molecule has 2 rings (SSSR count). The molecule has 1 saturated heterocycles. The van der Waals surface area contributed by atoms with Gasteiger partial charge in [0.15, 0.2) is 0 Å². The SMILES string of the molecule is Cc1ccc(C(C)(O)C(F)F)cc1B1OC(C)(C)C(C)(C)O1. The standard InChI is InChI=1S/C16H23BF2O3/c1-10-7-8-11(16(6,20)13(18)19)9-12(10)17-21-14(2,3)15(4,5)22-17/h7-9,13,20H,1-6H3. The molecule has 3 nitrogen and oxygen atoms in total. The molecule has 1 aromatic carbocycles. The summed E-state index contributed by atoms with van der Waals surface area (Å²) in [6, 6.07) is 4.76. The number of alkyl halides is 2. The predicted octanol–water partition coefficient (Wildman–Crippen LogP) is 2.77. The molecule has 0 bridgehead atoms. The van der Waals surface area contributed by atoms with E-state index < -0.39 is 30.3 Å². The molecule has 0 saturated carbocycles. The van der Waals surface area contributed by atoms with Crippen LogP contribution in [0, 0.1) is 6.92 Å². The first kappa shape index (κ1) is 17.4. The maximum Gasteiger partial charge on any atom is 0.495 e. The van der Waals surface area contributed by atoms with Gasteiger partial charge in [-0.3, -0.25) is 0 Å². The Bertz CT molecular complexity index is 555. The molecule has 122 valence electrons. The van der Waals surface area contributed by atoms with Crippen LogP contribution in [-0.2, 0) is 14.9 Å². The van der Waals surface area contributed by atoms with Gasteiger partial charge in [-0.1, -0.05) is 23.8 Å². The highest BCUT2D eigenvalue weighted by Crippen LogP contribution is 2.37. The summed E-state index contributed by atoms with van der Waals surface area (Å²) in [6.45, 7) is 10.7. The maximum atomic E-state index is 13.0. The van der Waals surface area contributed by atoms with Gasteiger partial charge in [0.05, 0.1) is 11.2 Å². The first-order valence-corrected chi connectivity index (χ1v) is 7.36. The minimum atomic E-state index is -2.87. The molecular weight excluding hydrogens is 289 g/mol. The van der Waals surface area contributed by atoms with Crippen molar-refractivity contribution in [3.05, 3.63) is 29.3 Å². The van der Waals surface area contributed by atoms with Crippen LogP contribution >= 0.6 is 0 Å². The second-order valence-corrected chi connectivity index (χ2v) is 7.11. The molecule has 0 amide bonds. The van der Waals surface area contributed by atoms with E-state index in [-0.39, 0.29) is 5.56 Å². The van der Waals surface area contributed by atoms with Crippen molar-refractivity contribution in [3.8, 4) is 0 Å². The Morgan fingerprint density at radius 3 is 2.09 bits per heavy atom. The van der Waals surface area contributed by atoms with E-state index in [2.05, 4.69) is 0 Å². The van der Waals surface area contributed by atoms with Crippen molar-refractivity contribution < 1.29 is 23.2 Å². The molecule has 0 aromatic heterocycles. The lowest BCUT2D eigenvalue weighted by Crippen LogP contribution is -2.41. The molecule has 1 unspecified atom stereocenters. The van der Waals surface area contributed by atoms with Crippen LogP contribution in [0.1, 0.15) is 45.7 Å².